The van der Waals surface area contributed by atoms with Crippen molar-refractivity contribution in [3.63, 3.8) is 0 Å². The van der Waals surface area contributed by atoms with Gasteiger partial charge in [0, 0.05) is 12.3 Å². The summed E-state index contributed by atoms with van der Waals surface area (Å²) >= 11 is 0. The molecule has 0 radical (unpaired) electrons. The van der Waals surface area contributed by atoms with Gasteiger partial charge in [0.25, 0.3) is 0 Å². The average Bonchev–Trinajstić information content (AvgIpc) is 2.65. The van der Waals surface area contributed by atoms with Crippen LogP contribution in [-0.4, -0.2) is 38.8 Å². The van der Waals surface area contributed by atoms with Crippen LogP contribution in [-0.2, 0) is 16.0 Å². The zero-order chi connectivity index (χ0) is 17.7. The first-order valence-electron chi connectivity index (χ1n) is 8.63. The van der Waals surface area contributed by atoms with Crippen molar-refractivity contribution in [3.8, 4) is 5.75 Å². The molecule has 2 rings (SSSR count). The molecule has 0 aromatic heterocycles. The Morgan fingerprint density at radius 1 is 1.00 bits per heavy atom. The number of benzene rings is 2. The molecule has 2 aromatic carbocycles. The summed E-state index contributed by atoms with van der Waals surface area (Å²) in [5, 5.41) is 6.02. The van der Waals surface area contributed by atoms with E-state index in [4.69, 9.17) is 9.47 Å². The fraction of sp³-hybridized carbons (Fsp3) is 0.350. The summed E-state index contributed by atoms with van der Waals surface area (Å²) < 4.78 is 10.8. The quantitative estimate of drug-likeness (QED) is 0.617. The normalized spacial score (nSPS) is 10.4. The fourth-order valence-corrected chi connectivity index (χ4v) is 2.28. The standard InChI is InChI=1S/C20H26N2O3/c1-2-24-14-15-25-19-10-8-18(9-11-19)22-20(23)16-21-13-12-17-6-4-3-5-7-17/h3-11,21H,2,12-16H2,1H3,(H,22,23). The maximum atomic E-state index is 11.9. The van der Waals surface area contributed by atoms with Crippen molar-refractivity contribution in [3.05, 3.63) is 60.2 Å². The van der Waals surface area contributed by atoms with E-state index in [1.165, 1.54) is 5.56 Å². The molecular weight excluding hydrogens is 316 g/mol. The largest absolute Gasteiger partial charge is 0.491 e. The highest BCUT2D eigenvalue weighted by Crippen LogP contribution is 2.15. The van der Waals surface area contributed by atoms with Gasteiger partial charge in [-0.3, -0.25) is 4.79 Å². The molecule has 0 spiro atoms. The van der Waals surface area contributed by atoms with E-state index in [-0.39, 0.29) is 5.91 Å². The van der Waals surface area contributed by atoms with E-state index in [0.29, 0.717) is 26.4 Å². The number of rotatable bonds is 11. The molecule has 0 atom stereocenters. The highest BCUT2D eigenvalue weighted by molar-refractivity contribution is 5.92. The Labute approximate surface area is 149 Å². The third-order valence-corrected chi connectivity index (χ3v) is 3.56. The number of carbonyl (C=O) groups is 1. The summed E-state index contributed by atoms with van der Waals surface area (Å²) in [5.41, 5.74) is 2.02. The number of amides is 1. The van der Waals surface area contributed by atoms with E-state index < -0.39 is 0 Å². The highest BCUT2D eigenvalue weighted by Gasteiger charge is 2.02. The van der Waals surface area contributed by atoms with Crippen LogP contribution in [0.3, 0.4) is 0 Å². The first-order valence-corrected chi connectivity index (χ1v) is 8.63. The zero-order valence-corrected chi connectivity index (χ0v) is 14.7. The SMILES string of the molecule is CCOCCOc1ccc(NC(=O)CNCCc2ccccc2)cc1. The van der Waals surface area contributed by atoms with Crippen LogP contribution < -0.4 is 15.4 Å². The van der Waals surface area contributed by atoms with Crippen LogP contribution in [0, 0.1) is 0 Å². The van der Waals surface area contributed by atoms with E-state index in [1.54, 1.807) is 0 Å². The van der Waals surface area contributed by atoms with Crippen LogP contribution in [0.4, 0.5) is 5.69 Å². The van der Waals surface area contributed by atoms with Gasteiger partial charge in [0.15, 0.2) is 0 Å². The van der Waals surface area contributed by atoms with Crippen molar-refractivity contribution in [1.29, 1.82) is 0 Å². The smallest absolute Gasteiger partial charge is 0.238 e. The molecule has 0 fully saturated rings. The number of hydrogen-bond acceptors (Lipinski definition) is 4. The number of carbonyl (C=O) groups excluding carboxylic acids is 1. The molecule has 0 aliphatic rings. The minimum atomic E-state index is -0.0573. The summed E-state index contributed by atoms with van der Waals surface area (Å²) in [4.78, 5) is 11.9. The van der Waals surface area contributed by atoms with Crippen molar-refractivity contribution < 1.29 is 14.3 Å². The first kappa shape index (κ1) is 19.0. The van der Waals surface area contributed by atoms with Gasteiger partial charge in [-0.05, 0) is 49.7 Å². The Bertz CT molecular complexity index is 615. The van der Waals surface area contributed by atoms with Gasteiger partial charge in [0.05, 0.1) is 13.2 Å². The molecule has 25 heavy (non-hydrogen) atoms. The Kier molecular flexibility index (Phi) is 8.52. The van der Waals surface area contributed by atoms with Crippen LogP contribution in [0.15, 0.2) is 54.6 Å². The van der Waals surface area contributed by atoms with Crippen molar-refractivity contribution in [1.82, 2.24) is 5.32 Å². The van der Waals surface area contributed by atoms with Gasteiger partial charge in [-0.15, -0.1) is 0 Å². The van der Waals surface area contributed by atoms with Crippen LogP contribution >= 0.6 is 0 Å². The number of hydrogen-bond donors (Lipinski definition) is 2. The summed E-state index contributed by atoms with van der Waals surface area (Å²) in [6.07, 6.45) is 0.905. The Hall–Kier alpha value is -2.37. The van der Waals surface area contributed by atoms with Gasteiger partial charge in [-0.25, -0.2) is 0 Å². The van der Waals surface area contributed by atoms with E-state index in [0.717, 1.165) is 24.4 Å². The Morgan fingerprint density at radius 3 is 2.48 bits per heavy atom. The molecule has 0 heterocycles. The van der Waals surface area contributed by atoms with Crippen molar-refractivity contribution in [2.24, 2.45) is 0 Å². The molecule has 0 saturated carbocycles. The van der Waals surface area contributed by atoms with Crippen LogP contribution in [0.25, 0.3) is 0 Å². The number of ether oxygens (including phenoxy) is 2. The molecule has 0 aliphatic heterocycles. The predicted octanol–water partition coefficient (Wildman–Crippen LogP) is 2.87. The third kappa shape index (κ3) is 7.83. The molecule has 1 amide bonds. The van der Waals surface area contributed by atoms with E-state index in [1.807, 2.05) is 49.4 Å². The minimum absolute atomic E-state index is 0.0573. The lowest BCUT2D eigenvalue weighted by atomic mass is 10.1. The molecule has 2 aromatic rings. The maximum Gasteiger partial charge on any atom is 0.238 e. The van der Waals surface area contributed by atoms with Crippen LogP contribution in [0.1, 0.15) is 12.5 Å². The van der Waals surface area contributed by atoms with Crippen molar-refractivity contribution in [2.75, 3.05) is 38.2 Å². The second-order valence-corrected chi connectivity index (χ2v) is 5.53. The summed E-state index contributed by atoms with van der Waals surface area (Å²) in [5.74, 6) is 0.705. The molecule has 0 aliphatic carbocycles. The molecule has 5 heteroatoms. The van der Waals surface area contributed by atoms with Gasteiger partial charge < -0.3 is 20.1 Å². The lowest BCUT2D eigenvalue weighted by molar-refractivity contribution is -0.115. The monoisotopic (exact) mass is 342 g/mol. The molecule has 2 N–H and O–H groups in total. The van der Waals surface area contributed by atoms with Gasteiger partial charge in [-0.2, -0.15) is 0 Å². The second kappa shape index (κ2) is 11.2. The predicted molar refractivity (Wildman–Crippen MR) is 100 cm³/mol. The lowest BCUT2D eigenvalue weighted by Crippen LogP contribution is -2.29. The number of anilines is 1. The lowest BCUT2D eigenvalue weighted by Gasteiger charge is -2.09. The molecule has 134 valence electrons. The van der Waals surface area contributed by atoms with Gasteiger partial charge in [0.1, 0.15) is 12.4 Å². The molecular formula is C20H26N2O3. The van der Waals surface area contributed by atoms with Gasteiger partial charge >= 0.3 is 0 Å². The molecule has 0 unspecified atom stereocenters. The summed E-state index contributed by atoms with van der Waals surface area (Å²) in [6.45, 7) is 4.79. The van der Waals surface area contributed by atoms with Crippen LogP contribution in [0.2, 0.25) is 0 Å². The average molecular weight is 342 g/mol. The second-order valence-electron chi connectivity index (χ2n) is 5.53. The first-order chi connectivity index (χ1) is 12.3. The van der Waals surface area contributed by atoms with E-state index in [9.17, 15) is 4.79 Å². The third-order valence-electron chi connectivity index (χ3n) is 3.56. The maximum absolute atomic E-state index is 11.9. The molecule has 0 bridgehead atoms. The highest BCUT2D eigenvalue weighted by atomic mass is 16.5. The van der Waals surface area contributed by atoms with E-state index in [2.05, 4.69) is 22.8 Å². The van der Waals surface area contributed by atoms with Crippen molar-refractivity contribution >= 4 is 11.6 Å². The topological polar surface area (TPSA) is 59.6 Å². The number of nitrogens with one attached hydrogen (secondary N) is 2. The zero-order valence-electron chi connectivity index (χ0n) is 14.7. The summed E-state index contributed by atoms with van der Waals surface area (Å²) in [6, 6.07) is 17.5. The fourth-order valence-electron chi connectivity index (χ4n) is 2.28. The minimum Gasteiger partial charge on any atom is -0.491 e. The van der Waals surface area contributed by atoms with Gasteiger partial charge in [0.2, 0.25) is 5.91 Å². The molecule has 5 nitrogen and oxygen atoms in total. The summed E-state index contributed by atoms with van der Waals surface area (Å²) in [7, 11) is 0. The van der Waals surface area contributed by atoms with Crippen molar-refractivity contribution in [2.45, 2.75) is 13.3 Å². The molecule has 0 saturated heterocycles. The van der Waals surface area contributed by atoms with Gasteiger partial charge in [-0.1, -0.05) is 30.3 Å². The Balaban J connectivity index is 1.63. The van der Waals surface area contributed by atoms with E-state index >= 15 is 0 Å². The Morgan fingerprint density at radius 2 is 1.76 bits per heavy atom. The van der Waals surface area contributed by atoms with Crippen LogP contribution in [0.5, 0.6) is 5.75 Å².